The maximum atomic E-state index is 11.9. The van der Waals surface area contributed by atoms with Gasteiger partial charge in [-0.2, -0.15) is 0 Å². The molecule has 0 radical (unpaired) electrons. The van der Waals surface area contributed by atoms with E-state index in [9.17, 15) is 4.79 Å². The number of nitrogens with zero attached hydrogens (tertiary/aromatic N) is 3. The zero-order valence-corrected chi connectivity index (χ0v) is 12.4. The Hall–Kier alpha value is -1.65. The summed E-state index contributed by atoms with van der Waals surface area (Å²) in [6.07, 6.45) is 8.21. The summed E-state index contributed by atoms with van der Waals surface area (Å²) in [6, 6.07) is 0. The van der Waals surface area contributed by atoms with Crippen LogP contribution < -0.4 is 10.2 Å². The molecule has 1 N–H and O–H groups in total. The third-order valence-corrected chi connectivity index (χ3v) is 3.46. The molecule has 0 saturated carbocycles. The Kier molecular flexibility index (Phi) is 5.32. The van der Waals surface area contributed by atoms with Crippen LogP contribution in [0.5, 0.6) is 0 Å². The summed E-state index contributed by atoms with van der Waals surface area (Å²) in [4.78, 5) is 22.8. The number of aromatic nitrogens is 2. The highest BCUT2D eigenvalue weighted by Gasteiger charge is 2.13. The zero-order chi connectivity index (χ0) is 14.4. The number of hydrogen-bond donors (Lipinski definition) is 1. The van der Waals surface area contributed by atoms with E-state index in [0.29, 0.717) is 18.0 Å². The predicted octanol–water partition coefficient (Wildman–Crippen LogP) is 2.24. The first-order valence-electron chi connectivity index (χ1n) is 7.52. The van der Waals surface area contributed by atoms with Crippen molar-refractivity contribution in [2.45, 2.75) is 39.5 Å². The van der Waals surface area contributed by atoms with E-state index < -0.39 is 0 Å². The number of carbonyl (C=O) groups excluding carboxylic acids is 1. The molecule has 1 amide bonds. The smallest absolute Gasteiger partial charge is 0.254 e. The fourth-order valence-electron chi connectivity index (χ4n) is 2.27. The number of rotatable bonds is 4. The minimum Gasteiger partial charge on any atom is -0.352 e. The van der Waals surface area contributed by atoms with Crippen molar-refractivity contribution in [3.05, 3.63) is 18.0 Å². The molecule has 0 aromatic carbocycles. The van der Waals surface area contributed by atoms with Crippen LogP contribution in [0.3, 0.4) is 0 Å². The van der Waals surface area contributed by atoms with Gasteiger partial charge in [-0.15, -0.1) is 0 Å². The number of carbonyl (C=O) groups is 1. The van der Waals surface area contributed by atoms with E-state index in [1.807, 2.05) is 0 Å². The minimum absolute atomic E-state index is 0.0962. The molecule has 20 heavy (non-hydrogen) atoms. The fraction of sp³-hybridized carbons (Fsp3) is 0.667. The van der Waals surface area contributed by atoms with Gasteiger partial charge in [0.15, 0.2) is 0 Å². The topological polar surface area (TPSA) is 58.1 Å². The van der Waals surface area contributed by atoms with Crippen molar-refractivity contribution in [2.75, 3.05) is 24.5 Å². The van der Waals surface area contributed by atoms with E-state index in [1.165, 1.54) is 25.7 Å². The SMILES string of the molecule is CC(C)CNC(=O)c1cnc(N2CCCCCC2)nc1. The summed E-state index contributed by atoms with van der Waals surface area (Å²) in [5.74, 6) is 1.09. The Labute approximate surface area is 120 Å². The molecule has 0 unspecified atom stereocenters. The zero-order valence-electron chi connectivity index (χ0n) is 12.4. The Morgan fingerprint density at radius 2 is 1.80 bits per heavy atom. The van der Waals surface area contributed by atoms with Gasteiger partial charge in [-0.1, -0.05) is 26.7 Å². The highest BCUT2D eigenvalue weighted by Crippen LogP contribution is 2.15. The van der Waals surface area contributed by atoms with Gasteiger partial charge < -0.3 is 10.2 Å². The number of nitrogens with one attached hydrogen (secondary N) is 1. The molecule has 5 nitrogen and oxygen atoms in total. The van der Waals surface area contributed by atoms with Crippen molar-refractivity contribution < 1.29 is 4.79 Å². The standard InChI is InChI=1S/C15H24N4O/c1-12(2)9-16-14(20)13-10-17-15(18-11-13)19-7-5-3-4-6-8-19/h10-12H,3-9H2,1-2H3,(H,16,20). The van der Waals surface area contributed by atoms with Crippen LogP contribution in [0.1, 0.15) is 49.9 Å². The normalized spacial score (nSPS) is 16.1. The maximum Gasteiger partial charge on any atom is 0.254 e. The van der Waals surface area contributed by atoms with Crippen LogP contribution in [0.15, 0.2) is 12.4 Å². The molecule has 1 saturated heterocycles. The van der Waals surface area contributed by atoms with E-state index in [-0.39, 0.29) is 5.91 Å². The lowest BCUT2D eigenvalue weighted by Gasteiger charge is -2.19. The summed E-state index contributed by atoms with van der Waals surface area (Å²) in [5, 5.41) is 2.87. The van der Waals surface area contributed by atoms with Crippen LogP contribution in [-0.4, -0.2) is 35.5 Å². The molecule has 110 valence electrons. The highest BCUT2D eigenvalue weighted by molar-refractivity contribution is 5.93. The molecule has 5 heteroatoms. The van der Waals surface area contributed by atoms with Crippen LogP contribution in [0.4, 0.5) is 5.95 Å². The van der Waals surface area contributed by atoms with Crippen LogP contribution in [0.2, 0.25) is 0 Å². The van der Waals surface area contributed by atoms with Gasteiger partial charge in [0, 0.05) is 32.0 Å². The minimum atomic E-state index is -0.0962. The second-order valence-electron chi connectivity index (χ2n) is 5.78. The maximum absolute atomic E-state index is 11.9. The first kappa shape index (κ1) is 14.8. The first-order chi connectivity index (χ1) is 9.66. The second kappa shape index (κ2) is 7.22. The summed E-state index contributed by atoms with van der Waals surface area (Å²) in [7, 11) is 0. The molecular weight excluding hydrogens is 252 g/mol. The van der Waals surface area contributed by atoms with Gasteiger partial charge in [-0.25, -0.2) is 9.97 Å². The Morgan fingerprint density at radius 3 is 2.35 bits per heavy atom. The number of hydrogen-bond acceptors (Lipinski definition) is 4. The van der Waals surface area contributed by atoms with Crippen molar-refractivity contribution in [1.82, 2.24) is 15.3 Å². The quantitative estimate of drug-likeness (QED) is 0.916. The largest absolute Gasteiger partial charge is 0.352 e. The molecule has 1 fully saturated rings. The summed E-state index contributed by atoms with van der Waals surface area (Å²) in [5.41, 5.74) is 0.532. The van der Waals surface area contributed by atoms with E-state index in [1.54, 1.807) is 12.4 Å². The molecule has 0 atom stereocenters. The molecular formula is C15H24N4O. The highest BCUT2D eigenvalue weighted by atomic mass is 16.1. The van der Waals surface area contributed by atoms with Gasteiger partial charge in [-0.05, 0) is 18.8 Å². The number of amides is 1. The summed E-state index contributed by atoms with van der Waals surface area (Å²) >= 11 is 0. The van der Waals surface area contributed by atoms with E-state index in [4.69, 9.17) is 0 Å². The summed E-state index contributed by atoms with van der Waals surface area (Å²) < 4.78 is 0. The second-order valence-corrected chi connectivity index (χ2v) is 5.78. The van der Waals surface area contributed by atoms with Gasteiger partial charge in [0.2, 0.25) is 5.95 Å². The van der Waals surface area contributed by atoms with Gasteiger partial charge in [-0.3, -0.25) is 4.79 Å². The molecule has 0 aliphatic carbocycles. The van der Waals surface area contributed by atoms with Crippen LogP contribution in [0, 0.1) is 5.92 Å². The molecule has 0 spiro atoms. The van der Waals surface area contributed by atoms with E-state index in [0.717, 1.165) is 19.0 Å². The van der Waals surface area contributed by atoms with Crippen molar-refractivity contribution in [1.29, 1.82) is 0 Å². The number of anilines is 1. The molecule has 0 bridgehead atoms. The van der Waals surface area contributed by atoms with Crippen LogP contribution in [-0.2, 0) is 0 Å². The predicted molar refractivity (Wildman–Crippen MR) is 79.9 cm³/mol. The monoisotopic (exact) mass is 276 g/mol. The molecule has 1 aromatic heterocycles. The van der Waals surface area contributed by atoms with E-state index in [2.05, 4.69) is 34.0 Å². The van der Waals surface area contributed by atoms with Crippen LogP contribution in [0.25, 0.3) is 0 Å². The molecule has 1 aromatic rings. The van der Waals surface area contributed by atoms with Gasteiger partial charge in [0.25, 0.3) is 5.91 Å². The Bertz CT molecular complexity index is 422. The Morgan fingerprint density at radius 1 is 1.20 bits per heavy atom. The third kappa shape index (κ3) is 4.18. The van der Waals surface area contributed by atoms with E-state index >= 15 is 0 Å². The average Bonchev–Trinajstić information content (AvgIpc) is 2.74. The van der Waals surface area contributed by atoms with Gasteiger partial charge in [0.05, 0.1) is 5.56 Å². The first-order valence-corrected chi connectivity index (χ1v) is 7.52. The molecule has 1 aliphatic heterocycles. The molecule has 2 rings (SSSR count). The van der Waals surface area contributed by atoms with Gasteiger partial charge >= 0.3 is 0 Å². The Balaban J connectivity index is 1.96. The molecule has 1 aliphatic rings. The van der Waals surface area contributed by atoms with Gasteiger partial charge in [0.1, 0.15) is 0 Å². The van der Waals surface area contributed by atoms with Crippen molar-refractivity contribution >= 4 is 11.9 Å². The summed E-state index contributed by atoms with van der Waals surface area (Å²) in [6.45, 7) is 6.84. The van der Waals surface area contributed by atoms with Crippen molar-refractivity contribution in [3.63, 3.8) is 0 Å². The lowest BCUT2D eigenvalue weighted by atomic mass is 10.2. The van der Waals surface area contributed by atoms with Crippen molar-refractivity contribution in [3.8, 4) is 0 Å². The third-order valence-electron chi connectivity index (χ3n) is 3.46. The lowest BCUT2D eigenvalue weighted by Crippen LogP contribution is -2.29. The molecule has 2 heterocycles. The van der Waals surface area contributed by atoms with Crippen molar-refractivity contribution in [2.24, 2.45) is 5.92 Å². The average molecular weight is 276 g/mol. The lowest BCUT2D eigenvalue weighted by molar-refractivity contribution is 0.0948. The fourth-order valence-corrected chi connectivity index (χ4v) is 2.27. The van der Waals surface area contributed by atoms with Crippen LogP contribution >= 0.6 is 0 Å².